The van der Waals surface area contributed by atoms with Crippen molar-refractivity contribution in [3.63, 3.8) is 0 Å². The molecule has 2 rings (SSSR count). The fraction of sp³-hybridized carbons (Fsp3) is 0.714. The lowest BCUT2D eigenvalue weighted by Crippen LogP contribution is -2.32. The van der Waals surface area contributed by atoms with Gasteiger partial charge < -0.3 is 14.8 Å². The first-order valence-corrected chi connectivity index (χ1v) is 6.96. The van der Waals surface area contributed by atoms with Gasteiger partial charge in [-0.2, -0.15) is 0 Å². The Bertz CT molecular complexity index is 313. The molecule has 1 aliphatic heterocycles. The number of hydrogen-bond donors (Lipinski definition) is 1. The molecule has 0 bridgehead atoms. The normalized spacial score (nSPS) is 17.5. The Hall–Kier alpha value is -0.800. The second-order valence-corrected chi connectivity index (χ2v) is 4.94. The van der Waals surface area contributed by atoms with Crippen LogP contribution in [0, 0.1) is 0 Å². The van der Waals surface area contributed by atoms with Gasteiger partial charge in [-0.3, -0.25) is 0 Å². The quantitative estimate of drug-likeness (QED) is 0.814. The zero-order valence-electron chi connectivity index (χ0n) is 11.0. The van der Waals surface area contributed by atoms with E-state index in [0.717, 1.165) is 19.6 Å². The minimum absolute atomic E-state index is 0.993. The predicted octanol–water partition coefficient (Wildman–Crippen LogP) is 2.08. The second-order valence-electron chi connectivity index (χ2n) is 4.94. The van der Waals surface area contributed by atoms with E-state index in [2.05, 4.69) is 40.2 Å². The average molecular weight is 235 g/mol. The third-order valence-electron chi connectivity index (χ3n) is 3.51. The predicted molar refractivity (Wildman–Crippen MR) is 72.1 cm³/mol. The van der Waals surface area contributed by atoms with Gasteiger partial charge in [-0.05, 0) is 44.1 Å². The topological polar surface area (TPSA) is 20.2 Å². The van der Waals surface area contributed by atoms with Crippen molar-refractivity contribution in [2.75, 3.05) is 26.2 Å². The third-order valence-corrected chi connectivity index (χ3v) is 3.51. The van der Waals surface area contributed by atoms with Crippen molar-refractivity contribution in [2.45, 2.75) is 39.3 Å². The summed E-state index contributed by atoms with van der Waals surface area (Å²) in [7, 11) is 0. The van der Waals surface area contributed by atoms with Crippen LogP contribution in [0.2, 0.25) is 0 Å². The molecule has 0 aliphatic carbocycles. The summed E-state index contributed by atoms with van der Waals surface area (Å²) in [6.07, 6.45) is 8.67. The molecule has 17 heavy (non-hydrogen) atoms. The summed E-state index contributed by atoms with van der Waals surface area (Å²) in [5.74, 6) is 0. The lowest BCUT2D eigenvalue weighted by atomic mass is 10.1. The highest BCUT2D eigenvalue weighted by Gasteiger charge is 2.09. The molecule has 1 saturated heterocycles. The molecule has 2 heterocycles. The van der Waals surface area contributed by atoms with E-state index in [1.807, 2.05) is 0 Å². The van der Waals surface area contributed by atoms with Crippen LogP contribution in [-0.2, 0) is 13.1 Å². The van der Waals surface area contributed by atoms with Crippen molar-refractivity contribution < 1.29 is 0 Å². The van der Waals surface area contributed by atoms with Gasteiger partial charge in [0.05, 0.1) is 0 Å². The molecule has 0 unspecified atom stereocenters. The summed E-state index contributed by atoms with van der Waals surface area (Å²) in [5.41, 5.74) is 1.39. The van der Waals surface area contributed by atoms with Gasteiger partial charge in [0.2, 0.25) is 0 Å². The highest BCUT2D eigenvalue weighted by atomic mass is 15.1. The summed E-state index contributed by atoms with van der Waals surface area (Å²) < 4.78 is 2.32. The van der Waals surface area contributed by atoms with Crippen LogP contribution in [0.4, 0.5) is 0 Å². The first-order chi connectivity index (χ1) is 8.38. The van der Waals surface area contributed by atoms with E-state index in [0.29, 0.717) is 0 Å². The minimum Gasteiger partial charge on any atom is -0.353 e. The van der Waals surface area contributed by atoms with Crippen LogP contribution in [0.3, 0.4) is 0 Å². The van der Waals surface area contributed by atoms with Crippen LogP contribution in [0.15, 0.2) is 18.5 Å². The smallest absolute Gasteiger partial charge is 0.0347 e. The molecule has 1 aromatic rings. The zero-order valence-corrected chi connectivity index (χ0v) is 11.0. The van der Waals surface area contributed by atoms with E-state index in [9.17, 15) is 0 Å². The van der Waals surface area contributed by atoms with Gasteiger partial charge >= 0.3 is 0 Å². The van der Waals surface area contributed by atoms with Gasteiger partial charge in [0.1, 0.15) is 0 Å². The minimum atomic E-state index is 0.993. The molecule has 0 spiro atoms. The number of rotatable bonds is 6. The third kappa shape index (κ3) is 4.17. The Morgan fingerprint density at radius 2 is 2.00 bits per heavy atom. The molecular formula is C14H25N3. The van der Waals surface area contributed by atoms with E-state index < -0.39 is 0 Å². The number of likely N-dealkylation sites (tertiary alicyclic amines) is 1. The standard InChI is InChI=1S/C14H25N3/c1-2-15-12-14-6-9-17(13-14)11-10-16-7-4-3-5-8-16/h6,9,13,15H,2-5,7-8,10-12H2,1H3. The van der Waals surface area contributed by atoms with Crippen LogP contribution in [0.5, 0.6) is 0 Å². The maximum absolute atomic E-state index is 3.36. The lowest BCUT2D eigenvalue weighted by molar-refractivity contribution is 0.221. The zero-order chi connectivity index (χ0) is 11.9. The first kappa shape index (κ1) is 12.7. The fourth-order valence-electron chi connectivity index (χ4n) is 2.44. The van der Waals surface area contributed by atoms with E-state index in [1.54, 1.807) is 0 Å². The second kappa shape index (κ2) is 6.82. The van der Waals surface area contributed by atoms with E-state index in [1.165, 1.54) is 44.5 Å². The summed E-state index contributed by atoms with van der Waals surface area (Å²) in [5, 5.41) is 3.36. The van der Waals surface area contributed by atoms with Crippen molar-refractivity contribution in [3.8, 4) is 0 Å². The van der Waals surface area contributed by atoms with Gasteiger partial charge in [-0.25, -0.2) is 0 Å². The highest BCUT2D eigenvalue weighted by molar-refractivity contribution is 5.09. The highest BCUT2D eigenvalue weighted by Crippen LogP contribution is 2.09. The van der Waals surface area contributed by atoms with Crippen molar-refractivity contribution in [1.29, 1.82) is 0 Å². The van der Waals surface area contributed by atoms with E-state index >= 15 is 0 Å². The maximum Gasteiger partial charge on any atom is 0.0347 e. The summed E-state index contributed by atoms with van der Waals surface area (Å²) >= 11 is 0. The molecule has 1 aromatic heterocycles. The van der Waals surface area contributed by atoms with Gasteiger partial charge in [0, 0.05) is 32.0 Å². The molecule has 0 radical (unpaired) electrons. The maximum atomic E-state index is 3.36. The summed E-state index contributed by atoms with van der Waals surface area (Å²) in [6, 6.07) is 2.22. The number of piperidine rings is 1. The van der Waals surface area contributed by atoms with Gasteiger partial charge in [-0.1, -0.05) is 13.3 Å². The molecule has 1 N–H and O–H groups in total. The molecule has 3 nitrogen and oxygen atoms in total. The van der Waals surface area contributed by atoms with Gasteiger partial charge in [0.25, 0.3) is 0 Å². The molecule has 0 saturated carbocycles. The fourth-order valence-corrected chi connectivity index (χ4v) is 2.44. The van der Waals surface area contributed by atoms with Crippen LogP contribution >= 0.6 is 0 Å². The Labute approximate surface area is 105 Å². The van der Waals surface area contributed by atoms with Crippen molar-refractivity contribution in [2.24, 2.45) is 0 Å². The van der Waals surface area contributed by atoms with E-state index in [4.69, 9.17) is 0 Å². The Balaban J connectivity index is 1.72. The molecule has 0 aromatic carbocycles. The van der Waals surface area contributed by atoms with Gasteiger partial charge in [0.15, 0.2) is 0 Å². The Morgan fingerprint density at radius 3 is 2.76 bits per heavy atom. The Kier molecular flexibility index (Phi) is 5.08. The monoisotopic (exact) mass is 235 g/mol. The van der Waals surface area contributed by atoms with Crippen molar-refractivity contribution in [3.05, 3.63) is 24.0 Å². The molecule has 1 fully saturated rings. The Morgan fingerprint density at radius 1 is 1.18 bits per heavy atom. The van der Waals surface area contributed by atoms with Gasteiger partial charge in [-0.15, -0.1) is 0 Å². The van der Waals surface area contributed by atoms with Crippen LogP contribution in [-0.4, -0.2) is 35.6 Å². The number of aromatic nitrogens is 1. The average Bonchev–Trinajstić information content (AvgIpc) is 2.83. The molecule has 0 atom stereocenters. The molecule has 96 valence electrons. The largest absolute Gasteiger partial charge is 0.353 e. The van der Waals surface area contributed by atoms with Crippen molar-refractivity contribution in [1.82, 2.24) is 14.8 Å². The van der Waals surface area contributed by atoms with Crippen LogP contribution in [0.1, 0.15) is 31.7 Å². The van der Waals surface area contributed by atoms with Crippen molar-refractivity contribution >= 4 is 0 Å². The molecular weight excluding hydrogens is 210 g/mol. The SMILES string of the molecule is CCNCc1ccn(CCN2CCCCC2)c1. The van der Waals surface area contributed by atoms with Crippen LogP contribution in [0.25, 0.3) is 0 Å². The van der Waals surface area contributed by atoms with Crippen LogP contribution < -0.4 is 5.32 Å². The molecule has 1 aliphatic rings. The molecule has 0 amide bonds. The number of hydrogen-bond acceptors (Lipinski definition) is 2. The number of nitrogens with zero attached hydrogens (tertiary/aromatic N) is 2. The summed E-state index contributed by atoms with van der Waals surface area (Å²) in [6.45, 7) is 9.11. The summed E-state index contributed by atoms with van der Waals surface area (Å²) in [4.78, 5) is 2.59. The molecule has 3 heteroatoms. The lowest BCUT2D eigenvalue weighted by Gasteiger charge is -2.26. The van der Waals surface area contributed by atoms with E-state index in [-0.39, 0.29) is 0 Å². The number of nitrogens with one attached hydrogen (secondary N) is 1. The first-order valence-electron chi connectivity index (χ1n) is 6.96.